The van der Waals surface area contributed by atoms with Crippen molar-refractivity contribution in [1.29, 1.82) is 0 Å². The molecule has 3 rings (SSSR count). The van der Waals surface area contributed by atoms with Crippen LogP contribution in [-0.4, -0.2) is 14.7 Å². The standard InChI is InChI=1S/C13H9ClN2O2/c14-8-1-3-9(4-2-8)16-12-6-5-10(17)7-11(12)15-13(16)18/h1-7,17H,(H,15,18). The maximum Gasteiger partial charge on any atom is 0.331 e. The number of nitrogens with zero attached hydrogens (tertiary/aromatic N) is 1. The van der Waals surface area contributed by atoms with Gasteiger partial charge in [-0.3, -0.25) is 4.57 Å². The summed E-state index contributed by atoms with van der Waals surface area (Å²) in [5.74, 6) is 0.118. The van der Waals surface area contributed by atoms with E-state index in [9.17, 15) is 9.90 Å². The Morgan fingerprint density at radius 2 is 1.83 bits per heavy atom. The minimum absolute atomic E-state index is 0.118. The van der Waals surface area contributed by atoms with Gasteiger partial charge >= 0.3 is 5.69 Å². The summed E-state index contributed by atoms with van der Waals surface area (Å²) in [6.45, 7) is 0. The molecule has 0 unspecified atom stereocenters. The Bertz CT molecular complexity index is 772. The van der Waals surface area contributed by atoms with Gasteiger partial charge in [0.05, 0.1) is 16.7 Å². The number of aromatic amines is 1. The van der Waals surface area contributed by atoms with E-state index < -0.39 is 0 Å². The first-order chi connectivity index (χ1) is 8.65. The number of imidazole rings is 1. The van der Waals surface area contributed by atoms with Crippen LogP contribution in [0.15, 0.2) is 47.3 Å². The molecule has 3 aromatic rings. The van der Waals surface area contributed by atoms with Gasteiger partial charge in [-0.15, -0.1) is 0 Å². The smallest absolute Gasteiger partial charge is 0.331 e. The third-order valence-electron chi connectivity index (χ3n) is 2.75. The Morgan fingerprint density at radius 3 is 2.56 bits per heavy atom. The average molecular weight is 261 g/mol. The molecule has 0 aliphatic rings. The molecule has 0 atom stereocenters. The van der Waals surface area contributed by atoms with E-state index in [-0.39, 0.29) is 11.4 Å². The first-order valence-electron chi connectivity index (χ1n) is 5.35. The van der Waals surface area contributed by atoms with Gasteiger partial charge < -0.3 is 10.1 Å². The summed E-state index contributed by atoms with van der Waals surface area (Å²) in [6, 6.07) is 11.7. The second-order valence-electron chi connectivity index (χ2n) is 3.94. The summed E-state index contributed by atoms with van der Waals surface area (Å²) in [5.41, 5.74) is 1.77. The third kappa shape index (κ3) is 1.67. The highest BCUT2D eigenvalue weighted by Gasteiger charge is 2.08. The first kappa shape index (κ1) is 10.9. The van der Waals surface area contributed by atoms with E-state index in [1.807, 2.05) is 0 Å². The third-order valence-corrected chi connectivity index (χ3v) is 3.00. The van der Waals surface area contributed by atoms with Crippen LogP contribution in [-0.2, 0) is 0 Å². The predicted molar refractivity (Wildman–Crippen MR) is 70.6 cm³/mol. The van der Waals surface area contributed by atoms with Crippen LogP contribution in [0.3, 0.4) is 0 Å². The zero-order valence-electron chi connectivity index (χ0n) is 9.22. The molecule has 0 amide bonds. The Hall–Kier alpha value is -2.20. The highest BCUT2D eigenvalue weighted by atomic mass is 35.5. The van der Waals surface area contributed by atoms with Crippen molar-refractivity contribution in [1.82, 2.24) is 9.55 Å². The van der Waals surface area contributed by atoms with Crippen LogP contribution in [0.2, 0.25) is 5.02 Å². The number of aromatic nitrogens is 2. The number of hydrogen-bond acceptors (Lipinski definition) is 2. The number of nitrogens with one attached hydrogen (secondary N) is 1. The van der Waals surface area contributed by atoms with Crippen LogP contribution in [0.1, 0.15) is 0 Å². The summed E-state index contributed by atoms with van der Waals surface area (Å²) in [5, 5.41) is 10.0. The van der Waals surface area contributed by atoms with Crippen LogP contribution in [0, 0.1) is 0 Å². The molecule has 0 aliphatic carbocycles. The van der Waals surface area contributed by atoms with Gasteiger partial charge in [-0.25, -0.2) is 4.79 Å². The Kier molecular flexibility index (Phi) is 2.38. The van der Waals surface area contributed by atoms with Gasteiger partial charge in [-0.2, -0.15) is 0 Å². The van der Waals surface area contributed by atoms with Crippen molar-refractivity contribution in [2.45, 2.75) is 0 Å². The van der Waals surface area contributed by atoms with E-state index in [2.05, 4.69) is 4.98 Å². The molecule has 2 aromatic carbocycles. The highest BCUT2D eigenvalue weighted by Crippen LogP contribution is 2.20. The number of benzene rings is 2. The Balaban J connectivity index is 2.32. The molecular weight excluding hydrogens is 252 g/mol. The van der Waals surface area contributed by atoms with Crippen molar-refractivity contribution in [3.63, 3.8) is 0 Å². The molecule has 2 N–H and O–H groups in total. The zero-order valence-corrected chi connectivity index (χ0v) is 9.98. The van der Waals surface area contributed by atoms with Crippen molar-refractivity contribution in [2.75, 3.05) is 0 Å². The molecule has 0 saturated carbocycles. The van der Waals surface area contributed by atoms with Crippen LogP contribution in [0.25, 0.3) is 16.7 Å². The van der Waals surface area contributed by atoms with Crippen LogP contribution >= 0.6 is 11.6 Å². The number of phenolic OH excluding ortho intramolecular Hbond substituents is 1. The van der Waals surface area contributed by atoms with Crippen LogP contribution in [0.5, 0.6) is 5.75 Å². The molecule has 90 valence electrons. The zero-order chi connectivity index (χ0) is 12.7. The number of rotatable bonds is 1. The topological polar surface area (TPSA) is 58.0 Å². The highest BCUT2D eigenvalue weighted by molar-refractivity contribution is 6.30. The van der Waals surface area contributed by atoms with E-state index in [1.54, 1.807) is 36.4 Å². The average Bonchev–Trinajstić information content (AvgIpc) is 2.65. The van der Waals surface area contributed by atoms with E-state index in [0.717, 1.165) is 5.69 Å². The van der Waals surface area contributed by atoms with Gasteiger partial charge in [0.15, 0.2) is 0 Å². The van der Waals surface area contributed by atoms with Gasteiger partial charge in [0.2, 0.25) is 0 Å². The summed E-state index contributed by atoms with van der Waals surface area (Å²) in [4.78, 5) is 14.6. The Labute approximate surface area is 107 Å². The number of fused-ring (bicyclic) bond motifs is 1. The fraction of sp³-hybridized carbons (Fsp3) is 0. The molecule has 0 aliphatic heterocycles. The summed E-state index contributed by atoms with van der Waals surface area (Å²) in [6.07, 6.45) is 0. The van der Waals surface area contributed by atoms with E-state index in [4.69, 9.17) is 11.6 Å². The number of aromatic hydroxyl groups is 1. The van der Waals surface area contributed by atoms with Crippen molar-refractivity contribution < 1.29 is 5.11 Å². The quantitative estimate of drug-likeness (QED) is 0.707. The van der Waals surface area contributed by atoms with E-state index in [1.165, 1.54) is 10.6 Å². The number of halogens is 1. The van der Waals surface area contributed by atoms with Crippen molar-refractivity contribution >= 4 is 22.6 Å². The maximum atomic E-state index is 11.9. The minimum atomic E-state index is -0.252. The van der Waals surface area contributed by atoms with Crippen molar-refractivity contribution in [2.24, 2.45) is 0 Å². The van der Waals surface area contributed by atoms with Crippen LogP contribution in [0.4, 0.5) is 0 Å². The normalized spacial score (nSPS) is 10.9. The molecule has 1 aromatic heterocycles. The molecule has 0 bridgehead atoms. The molecule has 18 heavy (non-hydrogen) atoms. The minimum Gasteiger partial charge on any atom is -0.508 e. The largest absolute Gasteiger partial charge is 0.508 e. The molecule has 0 saturated heterocycles. The predicted octanol–water partition coefficient (Wildman–Crippen LogP) is 2.68. The summed E-state index contributed by atoms with van der Waals surface area (Å²) >= 11 is 5.82. The lowest BCUT2D eigenvalue weighted by molar-refractivity contribution is 0.476. The van der Waals surface area contributed by atoms with Gasteiger partial charge in [0.1, 0.15) is 5.75 Å². The fourth-order valence-corrected chi connectivity index (χ4v) is 2.07. The second kappa shape index (κ2) is 3.92. The molecule has 1 heterocycles. The Morgan fingerprint density at radius 1 is 1.11 bits per heavy atom. The molecule has 4 nitrogen and oxygen atoms in total. The SMILES string of the molecule is O=c1[nH]c2cc(O)ccc2n1-c1ccc(Cl)cc1. The monoisotopic (exact) mass is 260 g/mol. The molecule has 0 radical (unpaired) electrons. The van der Waals surface area contributed by atoms with Gasteiger partial charge in [0, 0.05) is 11.1 Å². The second-order valence-corrected chi connectivity index (χ2v) is 4.38. The van der Waals surface area contributed by atoms with E-state index >= 15 is 0 Å². The lowest BCUT2D eigenvalue weighted by Crippen LogP contribution is -2.14. The lowest BCUT2D eigenvalue weighted by atomic mass is 10.2. The summed E-state index contributed by atoms with van der Waals surface area (Å²) < 4.78 is 1.53. The van der Waals surface area contributed by atoms with Crippen LogP contribution < -0.4 is 5.69 Å². The first-order valence-corrected chi connectivity index (χ1v) is 5.72. The molecule has 0 fully saturated rings. The number of phenols is 1. The lowest BCUT2D eigenvalue weighted by Gasteiger charge is -2.03. The summed E-state index contributed by atoms with van der Waals surface area (Å²) in [7, 11) is 0. The number of H-pyrrole nitrogens is 1. The molecular formula is C13H9ClN2O2. The van der Waals surface area contributed by atoms with E-state index in [0.29, 0.717) is 16.1 Å². The van der Waals surface area contributed by atoms with Crippen molar-refractivity contribution in [3.05, 3.63) is 58.0 Å². The maximum absolute atomic E-state index is 11.9. The van der Waals surface area contributed by atoms with Gasteiger partial charge in [0.25, 0.3) is 0 Å². The van der Waals surface area contributed by atoms with Gasteiger partial charge in [-0.1, -0.05) is 11.6 Å². The van der Waals surface area contributed by atoms with Gasteiger partial charge in [-0.05, 0) is 36.4 Å². The van der Waals surface area contributed by atoms with Crippen molar-refractivity contribution in [3.8, 4) is 11.4 Å². The fourth-order valence-electron chi connectivity index (χ4n) is 1.95. The molecule has 5 heteroatoms. The number of hydrogen-bond donors (Lipinski definition) is 2. The molecule has 0 spiro atoms.